The number of methoxy groups -OCH3 is 1. The maximum atomic E-state index is 7.69. The first-order valence-electron chi connectivity index (χ1n) is 6.65. The fourth-order valence-electron chi connectivity index (χ4n) is 2.29. The van der Waals surface area contributed by atoms with Gasteiger partial charge < -0.3 is 10.5 Å². The highest BCUT2D eigenvalue weighted by atomic mass is 32.1. The summed E-state index contributed by atoms with van der Waals surface area (Å²) in [6.45, 7) is 0. The van der Waals surface area contributed by atoms with Gasteiger partial charge in [0, 0.05) is 17.9 Å². The molecule has 0 amide bonds. The molecule has 0 bridgehead atoms. The third kappa shape index (κ3) is 2.54. The van der Waals surface area contributed by atoms with Crippen molar-refractivity contribution in [3.63, 3.8) is 0 Å². The van der Waals surface area contributed by atoms with Crippen molar-refractivity contribution in [2.45, 2.75) is 25.2 Å². The topological polar surface area (TPSA) is 72.0 Å². The standard InChI is InChI=1S/C15H17N3OS/c1-19-11-5-3-2-4-10(11)8-12-18-13(9-6-7-9)14(20-12)15(16)17/h2-5,9H,6-8H2,1H3,(H3,16,17). The summed E-state index contributed by atoms with van der Waals surface area (Å²) < 4.78 is 5.37. The first-order valence-corrected chi connectivity index (χ1v) is 7.46. The normalized spacial score (nSPS) is 14.2. The number of para-hydroxylation sites is 1. The van der Waals surface area contributed by atoms with Gasteiger partial charge in [-0.3, -0.25) is 5.41 Å². The van der Waals surface area contributed by atoms with Crippen molar-refractivity contribution < 1.29 is 4.74 Å². The Hall–Kier alpha value is -1.88. The quantitative estimate of drug-likeness (QED) is 0.656. The Kier molecular flexibility index (Phi) is 3.44. The second kappa shape index (κ2) is 5.25. The molecular formula is C15H17N3OS. The van der Waals surface area contributed by atoms with E-state index in [-0.39, 0.29) is 5.84 Å². The largest absolute Gasteiger partial charge is 0.496 e. The molecule has 20 heavy (non-hydrogen) atoms. The highest BCUT2D eigenvalue weighted by molar-refractivity contribution is 7.13. The molecule has 1 aliphatic carbocycles. The van der Waals surface area contributed by atoms with E-state index in [0.29, 0.717) is 5.92 Å². The molecule has 1 saturated carbocycles. The van der Waals surface area contributed by atoms with E-state index in [4.69, 9.17) is 20.9 Å². The number of aromatic nitrogens is 1. The fourth-order valence-corrected chi connectivity index (χ4v) is 3.33. The van der Waals surface area contributed by atoms with Gasteiger partial charge in [0.2, 0.25) is 0 Å². The third-order valence-electron chi connectivity index (χ3n) is 3.44. The number of nitrogens with zero attached hydrogens (tertiary/aromatic N) is 1. The zero-order valence-corrected chi connectivity index (χ0v) is 12.2. The van der Waals surface area contributed by atoms with Gasteiger partial charge in [0.05, 0.1) is 22.7 Å². The van der Waals surface area contributed by atoms with Gasteiger partial charge >= 0.3 is 0 Å². The summed E-state index contributed by atoms with van der Waals surface area (Å²) in [5.41, 5.74) is 7.80. The second-order valence-corrected chi connectivity index (χ2v) is 6.08. The summed E-state index contributed by atoms with van der Waals surface area (Å²) in [5, 5.41) is 8.69. The number of rotatable bonds is 5. The molecule has 3 rings (SSSR count). The van der Waals surface area contributed by atoms with Crippen LogP contribution in [-0.2, 0) is 6.42 Å². The van der Waals surface area contributed by atoms with E-state index in [1.54, 1.807) is 7.11 Å². The van der Waals surface area contributed by atoms with E-state index < -0.39 is 0 Å². The lowest BCUT2D eigenvalue weighted by Crippen LogP contribution is -2.11. The number of thiazole rings is 1. The van der Waals surface area contributed by atoms with E-state index in [1.807, 2.05) is 24.3 Å². The first kappa shape index (κ1) is 13.1. The molecule has 1 aromatic carbocycles. The minimum Gasteiger partial charge on any atom is -0.496 e. The van der Waals surface area contributed by atoms with Gasteiger partial charge in [-0.1, -0.05) is 18.2 Å². The van der Waals surface area contributed by atoms with Crippen molar-refractivity contribution in [2.75, 3.05) is 7.11 Å². The van der Waals surface area contributed by atoms with Crippen LogP contribution in [0.15, 0.2) is 24.3 Å². The average molecular weight is 287 g/mol. The lowest BCUT2D eigenvalue weighted by Gasteiger charge is -2.05. The first-order chi connectivity index (χ1) is 9.69. The molecule has 4 nitrogen and oxygen atoms in total. The molecule has 0 atom stereocenters. The molecular weight excluding hydrogens is 270 g/mol. The summed E-state index contributed by atoms with van der Waals surface area (Å²) in [4.78, 5) is 5.55. The number of hydrogen-bond acceptors (Lipinski definition) is 4. The van der Waals surface area contributed by atoms with Crippen LogP contribution >= 0.6 is 11.3 Å². The minimum atomic E-state index is 0.135. The summed E-state index contributed by atoms with van der Waals surface area (Å²) >= 11 is 1.53. The number of nitrogens with two attached hydrogens (primary N) is 1. The van der Waals surface area contributed by atoms with Crippen LogP contribution < -0.4 is 10.5 Å². The highest BCUT2D eigenvalue weighted by Crippen LogP contribution is 2.42. The maximum absolute atomic E-state index is 7.69. The molecule has 1 heterocycles. The van der Waals surface area contributed by atoms with Gasteiger partial charge in [0.25, 0.3) is 0 Å². The Bertz CT molecular complexity index is 646. The van der Waals surface area contributed by atoms with E-state index in [1.165, 1.54) is 11.3 Å². The van der Waals surface area contributed by atoms with Crippen LogP contribution in [0.1, 0.15) is 39.9 Å². The van der Waals surface area contributed by atoms with Crippen molar-refractivity contribution in [1.29, 1.82) is 5.41 Å². The summed E-state index contributed by atoms with van der Waals surface area (Å²) in [6.07, 6.45) is 3.05. The summed E-state index contributed by atoms with van der Waals surface area (Å²) in [7, 11) is 1.68. The number of nitrogens with one attached hydrogen (secondary N) is 1. The van der Waals surface area contributed by atoms with Crippen LogP contribution in [0.2, 0.25) is 0 Å². The molecule has 0 spiro atoms. The molecule has 1 aliphatic rings. The number of ether oxygens (including phenoxy) is 1. The third-order valence-corrected chi connectivity index (χ3v) is 4.54. The SMILES string of the molecule is COc1ccccc1Cc1nc(C2CC2)c(C(=N)N)s1. The van der Waals surface area contributed by atoms with Crippen molar-refractivity contribution in [3.05, 3.63) is 45.4 Å². The van der Waals surface area contributed by atoms with E-state index in [0.717, 1.165) is 46.2 Å². The van der Waals surface area contributed by atoms with Crippen LogP contribution in [0.5, 0.6) is 5.75 Å². The summed E-state index contributed by atoms with van der Waals surface area (Å²) in [6, 6.07) is 7.96. The van der Waals surface area contributed by atoms with Crippen LogP contribution in [-0.4, -0.2) is 17.9 Å². The number of benzene rings is 1. The molecule has 3 N–H and O–H groups in total. The van der Waals surface area contributed by atoms with Crippen molar-refractivity contribution in [2.24, 2.45) is 5.73 Å². The van der Waals surface area contributed by atoms with Gasteiger partial charge in [-0.05, 0) is 18.9 Å². The van der Waals surface area contributed by atoms with Crippen LogP contribution in [0.25, 0.3) is 0 Å². The Morgan fingerprint density at radius 2 is 2.20 bits per heavy atom. The second-order valence-electron chi connectivity index (χ2n) is 5.00. The Morgan fingerprint density at radius 3 is 2.85 bits per heavy atom. The zero-order valence-electron chi connectivity index (χ0n) is 11.3. The monoisotopic (exact) mass is 287 g/mol. The Morgan fingerprint density at radius 1 is 1.45 bits per heavy atom. The molecule has 5 heteroatoms. The van der Waals surface area contributed by atoms with E-state index in [2.05, 4.69) is 0 Å². The molecule has 0 aliphatic heterocycles. The van der Waals surface area contributed by atoms with Crippen LogP contribution in [0.3, 0.4) is 0 Å². The van der Waals surface area contributed by atoms with Crippen molar-refractivity contribution in [3.8, 4) is 5.75 Å². The van der Waals surface area contributed by atoms with Gasteiger partial charge in [-0.2, -0.15) is 0 Å². The van der Waals surface area contributed by atoms with Gasteiger partial charge in [0.15, 0.2) is 0 Å². The van der Waals surface area contributed by atoms with Crippen molar-refractivity contribution in [1.82, 2.24) is 4.98 Å². The lowest BCUT2D eigenvalue weighted by molar-refractivity contribution is 0.410. The molecule has 0 unspecified atom stereocenters. The fraction of sp³-hybridized carbons (Fsp3) is 0.333. The van der Waals surface area contributed by atoms with E-state index in [9.17, 15) is 0 Å². The predicted molar refractivity (Wildman–Crippen MR) is 80.9 cm³/mol. The molecule has 0 saturated heterocycles. The highest BCUT2D eigenvalue weighted by Gasteiger charge is 2.30. The summed E-state index contributed by atoms with van der Waals surface area (Å²) in [5.74, 6) is 1.52. The Balaban J connectivity index is 1.91. The smallest absolute Gasteiger partial charge is 0.135 e. The number of amidine groups is 1. The van der Waals surface area contributed by atoms with Gasteiger partial charge in [-0.25, -0.2) is 4.98 Å². The molecule has 2 aromatic rings. The maximum Gasteiger partial charge on any atom is 0.135 e. The predicted octanol–water partition coefficient (Wildman–Crippen LogP) is 2.90. The van der Waals surface area contributed by atoms with Gasteiger partial charge in [0.1, 0.15) is 11.6 Å². The Labute approximate surface area is 122 Å². The minimum absolute atomic E-state index is 0.135. The average Bonchev–Trinajstić information content (AvgIpc) is 3.20. The molecule has 0 radical (unpaired) electrons. The van der Waals surface area contributed by atoms with Crippen LogP contribution in [0, 0.1) is 5.41 Å². The molecule has 104 valence electrons. The van der Waals surface area contributed by atoms with Crippen molar-refractivity contribution >= 4 is 17.2 Å². The lowest BCUT2D eigenvalue weighted by atomic mass is 10.1. The number of nitrogen functional groups attached to an aromatic ring is 1. The van der Waals surface area contributed by atoms with Crippen LogP contribution in [0.4, 0.5) is 0 Å². The van der Waals surface area contributed by atoms with Gasteiger partial charge in [-0.15, -0.1) is 11.3 Å². The zero-order chi connectivity index (χ0) is 14.1. The number of hydrogen-bond donors (Lipinski definition) is 2. The van der Waals surface area contributed by atoms with E-state index >= 15 is 0 Å². The molecule has 1 aromatic heterocycles. The molecule has 1 fully saturated rings.